The van der Waals surface area contributed by atoms with Crippen molar-refractivity contribution in [2.75, 3.05) is 26.3 Å². The molecule has 0 radical (unpaired) electrons. The SMILES string of the molecule is CC(NC(=O)N1CCOCC(F)(F)C1)c1cc(-c2ccccc2)on1. The normalized spacial score (nSPS) is 18.4. The summed E-state index contributed by atoms with van der Waals surface area (Å²) in [5, 5.41) is 6.63. The van der Waals surface area contributed by atoms with Gasteiger partial charge < -0.3 is 19.5 Å². The van der Waals surface area contributed by atoms with Crippen LogP contribution in [0.5, 0.6) is 0 Å². The lowest BCUT2D eigenvalue weighted by Crippen LogP contribution is -2.46. The van der Waals surface area contributed by atoms with Crippen molar-refractivity contribution < 1.29 is 22.8 Å². The maximum absolute atomic E-state index is 13.6. The van der Waals surface area contributed by atoms with Gasteiger partial charge in [0, 0.05) is 18.2 Å². The predicted octanol–water partition coefficient (Wildman–Crippen LogP) is 3.08. The number of nitrogens with zero attached hydrogens (tertiary/aromatic N) is 2. The molecule has 0 spiro atoms. The number of hydrogen-bond acceptors (Lipinski definition) is 4. The molecule has 134 valence electrons. The first kappa shape index (κ1) is 17.3. The van der Waals surface area contributed by atoms with Crippen LogP contribution in [0.2, 0.25) is 0 Å². The molecule has 1 aromatic carbocycles. The van der Waals surface area contributed by atoms with E-state index in [0.29, 0.717) is 11.5 Å². The van der Waals surface area contributed by atoms with E-state index >= 15 is 0 Å². The lowest BCUT2D eigenvalue weighted by molar-refractivity contribution is -0.0652. The highest BCUT2D eigenvalue weighted by Crippen LogP contribution is 2.23. The second kappa shape index (κ2) is 7.18. The summed E-state index contributed by atoms with van der Waals surface area (Å²) in [5.41, 5.74) is 1.38. The molecule has 1 unspecified atom stereocenters. The Hall–Kier alpha value is -2.48. The van der Waals surface area contributed by atoms with E-state index in [1.807, 2.05) is 30.3 Å². The molecule has 1 aliphatic rings. The zero-order valence-electron chi connectivity index (χ0n) is 13.7. The molecule has 1 atom stereocenters. The Bertz CT molecular complexity index is 721. The Morgan fingerprint density at radius 2 is 2.12 bits per heavy atom. The molecule has 2 heterocycles. The number of ether oxygens (including phenoxy) is 1. The summed E-state index contributed by atoms with van der Waals surface area (Å²) in [4.78, 5) is 13.3. The van der Waals surface area contributed by atoms with Gasteiger partial charge in [0.15, 0.2) is 5.76 Å². The van der Waals surface area contributed by atoms with Crippen LogP contribution < -0.4 is 5.32 Å². The van der Waals surface area contributed by atoms with Gasteiger partial charge in [-0.2, -0.15) is 0 Å². The highest BCUT2D eigenvalue weighted by Gasteiger charge is 2.36. The van der Waals surface area contributed by atoms with Gasteiger partial charge in [0.25, 0.3) is 5.92 Å². The highest BCUT2D eigenvalue weighted by molar-refractivity contribution is 5.74. The van der Waals surface area contributed by atoms with Crippen molar-refractivity contribution in [3.63, 3.8) is 0 Å². The largest absolute Gasteiger partial charge is 0.373 e. The van der Waals surface area contributed by atoms with E-state index in [4.69, 9.17) is 9.26 Å². The van der Waals surface area contributed by atoms with Crippen LogP contribution in [0, 0.1) is 0 Å². The first-order valence-electron chi connectivity index (χ1n) is 7.98. The zero-order valence-corrected chi connectivity index (χ0v) is 13.7. The summed E-state index contributed by atoms with van der Waals surface area (Å²) in [5.74, 6) is -2.47. The number of carbonyl (C=O) groups is 1. The van der Waals surface area contributed by atoms with Crippen molar-refractivity contribution in [3.8, 4) is 11.3 Å². The van der Waals surface area contributed by atoms with Gasteiger partial charge in [-0.3, -0.25) is 0 Å². The Labute approximate surface area is 143 Å². The third kappa shape index (κ3) is 4.33. The second-order valence-corrected chi connectivity index (χ2v) is 5.98. The summed E-state index contributed by atoms with van der Waals surface area (Å²) in [6.45, 7) is 0.578. The molecule has 6 nitrogen and oxygen atoms in total. The second-order valence-electron chi connectivity index (χ2n) is 5.98. The van der Waals surface area contributed by atoms with E-state index in [9.17, 15) is 13.6 Å². The van der Waals surface area contributed by atoms with E-state index in [1.54, 1.807) is 13.0 Å². The number of aromatic nitrogens is 1. The van der Waals surface area contributed by atoms with Crippen LogP contribution in [0.3, 0.4) is 0 Å². The van der Waals surface area contributed by atoms with Crippen molar-refractivity contribution in [1.82, 2.24) is 15.4 Å². The molecule has 1 aliphatic heterocycles. The molecule has 1 N–H and O–H groups in total. The standard InChI is InChI=1S/C17H19F2N3O3/c1-12(14-9-15(25-21-14)13-5-3-2-4-6-13)20-16(23)22-7-8-24-11-17(18,19)10-22/h2-6,9,12H,7-8,10-11H2,1H3,(H,20,23). The lowest BCUT2D eigenvalue weighted by atomic mass is 10.1. The lowest BCUT2D eigenvalue weighted by Gasteiger charge is -2.24. The van der Waals surface area contributed by atoms with Crippen molar-refractivity contribution >= 4 is 6.03 Å². The minimum atomic E-state index is -3.05. The molecule has 8 heteroatoms. The van der Waals surface area contributed by atoms with E-state index in [2.05, 4.69) is 10.5 Å². The highest BCUT2D eigenvalue weighted by atomic mass is 19.3. The fraction of sp³-hybridized carbons (Fsp3) is 0.412. The van der Waals surface area contributed by atoms with Crippen molar-refractivity contribution in [2.24, 2.45) is 0 Å². The van der Waals surface area contributed by atoms with Gasteiger partial charge in [0.05, 0.1) is 19.2 Å². The van der Waals surface area contributed by atoms with Gasteiger partial charge in [0.1, 0.15) is 12.3 Å². The number of rotatable bonds is 3. The van der Waals surface area contributed by atoms with Crippen LogP contribution in [0.25, 0.3) is 11.3 Å². The first-order chi connectivity index (χ1) is 11.9. The number of amides is 2. The third-order valence-corrected chi connectivity index (χ3v) is 3.90. The Kier molecular flexibility index (Phi) is 4.98. The average Bonchev–Trinajstić information content (AvgIpc) is 3.01. The summed E-state index contributed by atoms with van der Waals surface area (Å²) in [7, 11) is 0. The van der Waals surface area contributed by atoms with E-state index in [0.717, 1.165) is 10.5 Å². The minimum Gasteiger partial charge on any atom is -0.373 e. The molecule has 3 rings (SSSR count). The number of carbonyl (C=O) groups excluding carboxylic acids is 1. The topological polar surface area (TPSA) is 67.6 Å². The molecule has 0 aliphatic carbocycles. The molecule has 0 saturated carbocycles. The fourth-order valence-electron chi connectivity index (χ4n) is 2.56. The summed E-state index contributed by atoms with van der Waals surface area (Å²) < 4.78 is 37.2. The van der Waals surface area contributed by atoms with Gasteiger partial charge >= 0.3 is 6.03 Å². The van der Waals surface area contributed by atoms with E-state index in [-0.39, 0.29) is 13.2 Å². The van der Waals surface area contributed by atoms with Crippen LogP contribution in [-0.4, -0.2) is 48.3 Å². The van der Waals surface area contributed by atoms with Crippen LogP contribution in [0.15, 0.2) is 40.9 Å². The maximum atomic E-state index is 13.6. The van der Waals surface area contributed by atoms with Crippen LogP contribution in [0.1, 0.15) is 18.7 Å². The Morgan fingerprint density at radius 1 is 1.36 bits per heavy atom. The maximum Gasteiger partial charge on any atom is 0.318 e. The molecule has 0 bridgehead atoms. The van der Waals surface area contributed by atoms with Gasteiger partial charge in [-0.25, -0.2) is 13.6 Å². The predicted molar refractivity (Wildman–Crippen MR) is 86.2 cm³/mol. The zero-order chi connectivity index (χ0) is 17.9. The molecule has 1 fully saturated rings. The van der Waals surface area contributed by atoms with Crippen molar-refractivity contribution in [3.05, 3.63) is 42.1 Å². The first-order valence-corrected chi connectivity index (χ1v) is 7.98. The Balaban J connectivity index is 1.65. The van der Waals surface area contributed by atoms with Crippen LogP contribution in [0.4, 0.5) is 13.6 Å². The molecular formula is C17H19F2N3O3. The van der Waals surface area contributed by atoms with Crippen molar-refractivity contribution in [2.45, 2.75) is 18.9 Å². The van der Waals surface area contributed by atoms with Crippen molar-refractivity contribution in [1.29, 1.82) is 0 Å². The average molecular weight is 351 g/mol. The van der Waals surface area contributed by atoms with E-state index < -0.39 is 31.1 Å². The molecule has 2 amide bonds. The summed E-state index contributed by atoms with van der Waals surface area (Å²) >= 11 is 0. The Morgan fingerprint density at radius 3 is 2.88 bits per heavy atom. The summed E-state index contributed by atoms with van der Waals surface area (Å²) in [6, 6.07) is 10.1. The van der Waals surface area contributed by atoms with Gasteiger partial charge in [-0.05, 0) is 6.92 Å². The quantitative estimate of drug-likeness (QED) is 0.923. The smallest absolute Gasteiger partial charge is 0.318 e. The number of halogens is 2. The molecular weight excluding hydrogens is 332 g/mol. The monoisotopic (exact) mass is 351 g/mol. The molecule has 2 aromatic rings. The van der Waals surface area contributed by atoms with Gasteiger partial charge in [-0.15, -0.1) is 0 Å². The van der Waals surface area contributed by atoms with E-state index in [1.165, 1.54) is 0 Å². The van der Waals surface area contributed by atoms with Gasteiger partial charge in [-0.1, -0.05) is 35.5 Å². The molecule has 1 aromatic heterocycles. The number of benzene rings is 1. The summed E-state index contributed by atoms with van der Waals surface area (Å²) in [6.07, 6.45) is 0. The molecule has 1 saturated heterocycles. The number of alkyl halides is 2. The minimum absolute atomic E-state index is 0.0828. The van der Waals surface area contributed by atoms with Crippen LogP contribution >= 0.6 is 0 Å². The number of hydrogen-bond donors (Lipinski definition) is 1. The molecule has 25 heavy (non-hydrogen) atoms. The third-order valence-electron chi connectivity index (χ3n) is 3.90. The van der Waals surface area contributed by atoms with Crippen LogP contribution in [-0.2, 0) is 4.74 Å². The fourth-order valence-corrected chi connectivity index (χ4v) is 2.56. The number of nitrogens with one attached hydrogen (secondary N) is 1. The van der Waals surface area contributed by atoms with Gasteiger partial charge in [0.2, 0.25) is 0 Å². The number of urea groups is 1.